The van der Waals surface area contributed by atoms with E-state index in [1.807, 2.05) is 0 Å². The number of ether oxygens (including phenoxy) is 2. The van der Waals surface area contributed by atoms with Gasteiger partial charge in [0.05, 0.1) is 0 Å². The van der Waals surface area contributed by atoms with Crippen LogP contribution >= 0.6 is 0 Å². The van der Waals surface area contributed by atoms with Gasteiger partial charge in [0.1, 0.15) is 17.5 Å². The maximum absolute atomic E-state index is 14.0. The third kappa shape index (κ3) is 4.74. The van der Waals surface area contributed by atoms with Crippen LogP contribution in [0.5, 0.6) is 0 Å². The molecule has 0 bridgehead atoms. The number of esters is 2. The first-order valence-corrected chi connectivity index (χ1v) is 14.5. The second-order valence-electron chi connectivity index (χ2n) is 13.5. The van der Waals surface area contributed by atoms with Gasteiger partial charge in [0.15, 0.2) is 0 Å². The van der Waals surface area contributed by atoms with Gasteiger partial charge in [0.2, 0.25) is 0 Å². The largest absolute Gasteiger partial charge is 0.462 e. The Labute approximate surface area is 223 Å². The molecule has 0 aromatic rings. The van der Waals surface area contributed by atoms with Gasteiger partial charge in [0, 0.05) is 38.0 Å². The van der Waals surface area contributed by atoms with Crippen LogP contribution in [0.3, 0.4) is 0 Å². The molecule has 0 aromatic carbocycles. The number of fused-ring (bicyclic) bond motifs is 5. The van der Waals surface area contributed by atoms with E-state index in [9.17, 15) is 14.4 Å². The zero-order valence-corrected chi connectivity index (χ0v) is 24.3. The molecule has 3 fully saturated rings. The molecule has 5 heteroatoms. The van der Waals surface area contributed by atoms with Crippen LogP contribution in [0.2, 0.25) is 0 Å². The van der Waals surface area contributed by atoms with E-state index in [1.165, 1.54) is 19.4 Å². The Morgan fingerprint density at radius 3 is 2.35 bits per heavy atom. The molecule has 206 valence electrons. The molecular weight excluding hydrogens is 464 g/mol. The minimum absolute atomic E-state index is 0.0847. The summed E-state index contributed by atoms with van der Waals surface area (Å²) in [6.07, 6.45) is 12.1. The summed E-state index contributed by atoms with van der Waals surface area (Å²) < 4.78 is 11.7. The summed E-state index contributed by atoms with van der Waals surface area (Å²) in [6, 6.07) is 0. The molecule has 37 heavy (non-hydrogen) atoms. The van der Waals surface area contributed by atoms with Crippen molar-refractivity contribution in [1.82, 2.24) is 0 Å². The van der Waals surface area contributed by atoms with Crippen molar-refractivity contribution < 1.29 is 23.9 Å². The fraction of sp³-hybridized carbons (Fsp3) is 0.781. The number of ketones is 1. The maximum atomic E-state index is 14.0. The minimum atomic E-state index is -0.953. The average molecular weight is 513 g/mol. The third-order valence-electron chi connectivity index (χ3n) is 11.0. The van der Waals surface area contributed by atoms with E-state index in [0.29, 0.717) is 36.0 Å². The van der Waals surface area contributed by atoms with Crippen molar-refractivity contribution in [2.75, 3.05) is 0 Å². The van der Waals surface area contributed by atoms with E-state index in [0.717, 1.165) is 32.1 Å². The number of hydrogen-bond acceptors (Lipinski definition) is 5. The number of Topliss-reactive ketones (excluding diaryl/α,β-unsaturated/α-hetero) is 1. The molecule has 0 aliphatic heterocycles. The lowest BCUT2D eigenvalue weighted by atomic mass is 9.46. The van der Waals surface area contributed by atoms with Crippen LogP contribution in [0.4, 0.5) is 0 Å². The van der Waals surface area contributed by atoms with Gasteiger partial charge in [-0.05, 0) is 67.1 Å². The Bertz CT molecular complexity index is 993. The summed E-state index contributed by atoms with van der Waals surface area (Å²) >= 11 is 0. The Balaban J connectivity index is 1.67. The van der Waals surface area contributed by atoms with Crippen LogP contribution in [0, 0.1) is 46.3 Å². The SMILES string of the molecule is CC(=O)OC1CCC2(C)C3=CCC4(C)C(C(C)C=CC(C)C(C)C)CCC4C3C(=O)CC2(OC(C)=O)C1. The number of allylic oxidation sites excluding steroid dienone is 3. The summed E-state index contributed by atoms with van der Waals surface area (Å²) in [6.45, 7) is 16.6. The smallest absolute Gasteiger partial charge is 0.303 e. The summed E-state index contributed by atoms with van der Waals surface area (Å²) in [5.41, 5.74) is -0.107. The molecule has 0 spiro atoms. The molecular formula is C32H48O5. The zero-order valence-electron chi connectivity index (χ0n) is 24.3. The molecule has 0 saturated heterocycles. The average Bonchev–Trinajstić information content (AvgIpc) is 3.14. The van der Waals surface area contributed by atoms with E-state index in [1.54, 1.807) is 0 Å². The fourth-order valence-corrected chi connectivity index (χ4v) is 8.59. The Hall–Kier alpha value is -1.91. The highest BCUT2D eigenvalue weighted by molar-refractivity contribution is 5.88. The van der Waals surface area contributed by atoms with Crippen LogP contribution in [0.15, 0.2) is 23.8 Å². The first-order valence-electron chi connectivity index (χ1n) is 14.5. The van der Waals surface area contributed by atoms with Crippen LogP contribution in [-0.4, -0.2) is 29.4 Å². The third-order valence-corrected chi connectivity index (χ3v) is 11.0. The highest BCUT2D eigenvalue weighted by Gasteiger charge is 2.66. The van der Waals surface area contributed by atoms with Gasteiger partial charge in [-0.25, -0.2) is 0 Å². The number of rotatable bonds is 6. The normalized spacial score (nSPS) is 40.9. The Kier molecular flexibility index (Phi) is 7.60. The first-order chi connectivity index (χ1) is 17.2. The highest BCUT2D eigenvalue weighted by Crippen LogP contribution is 2.67. The van der Waals surface area contributed by atoms with Gasteiger partial charge in [0.25, 0.3) is 0 Å². The molecule has 4 aliphatic rings. The maximum Gasteiger partial charge on any atom is 0.303 e. The number of carbonyl (C=O) groups is 3. The van der Waals surface area contributed by atoms with Crippen molar-refractivity contribution in [3.8, 4) is 0 Å². The molecule has 3 saturated carbocycles. The van der Waals surface area contributed by atoms with Gasteiger partial charge in [-0.2, -0.15) is 0 Å². The van der Waals surface area contributed by atoms with Crippen LogP contribution in [0.1, 0.15) is 100 Å². The molecule has 0 aromatic heterocycles. The molecule has 0 N–H and O–H groups in total. The zero-order chi connectivity index (χ0) is 27.3. The summed E-state index contributed by atoms with van der Waals surface area (Å²) in [5, 5.41) is 0. The lowest BCUT2D eigenvalue weighted by molar-refractivity contribution is -0.200. The molecule has 4 aliphatic carbocycles. The molecule has 9 unspecified atom stereocenters. The van der Waals surface area contributed by atoms with Gasteiger partial charge in [-0.3, -0.25) is 14.4 Å². The Morgan fingerprint density at radius 1 is 1.03 bits per heavy atom. The quantitative estimate of drug-likeness (QED) is 0.288. The van der Waals surface area contributed by atoms with Crippen LogP contribution in [-0.2, 0) is 23.9 Å². The summed E-state index contributed by atoms with van der Waals surface area (Å²) in [4.78, 5) is 38.1. The summed E-state index contributed by atoms with van der Waals surface area (Å²) in [7, 11) is 0. The van der Waals surface area contributed by atoms with Crippen LogP contribution in [0.25, 0.3) is 0 Å². The fourth-order valence-electron chi connectivity index (χ4n) is 8.59. The van der Waals surface area contributed by atoms with E-state index >= 15 is 0 Å². The second-order valence-corrected chi connectivity index (χ2v) is 13.5. The molecule has 4 rings (SSSR count). The Morgan fingerprint density at radius 2 is 1.73 bits per heavy atom. The predicted octanol–water partition coefficient (Wildman–Crippen LogP) is 6.85. The monoisotopic (exact) mass is 512 g/mol. The van der Waals surface area contributed by atoms with Crippen LogP contribution < -0.4 is 0 Å². The van der Waals surface area contributed by atoms with Crippen molar-refractivity contribution in [1.29, 1.82) is 0 Å². The highest BCUT2D eigenvalue weighted by atomic mass is 16.6. The van der Waals surface area contributed by atoms with E-state index < -0.39 is 11.0 Å². The van der Waals surface area contributed by atoms with Gasteiger partial charge in [-0.1, -0.05) is 65.3 Å². The van der Waals surface area contributed by atoms with Gasteiger partial charge < -0.3 is 9.47 Å². The predicted molar refractivity (Wildman–Crippen MR) is 144 cm³/mol. The topological polar surface area (TPSA) is 69.7 Å². The van der Waals surface area contributed by atoms with Crippen molar-refractivity contribution in [2.24, 2.45) is 46.3 Å². The minimum Gasteiger partial charge on any atom is -0.462 e. The van der Waals surface area contributed by atoms with E-state index in [4.69, 9.17) is 9.47 Å². The number of carbonyl (C=O) groups excluding carboxylic acids is 3. The molecule has 5 nitrogen and oxygen atoms in total. The van der Waals surface area contributed by atoms with Crippen molar-refractivity contribution in [3.63, 3.8) is 0 Å². The van der Waals surface area contributed by atoms with Gasteiger partial charge >= 0.3 is 11.9 Å². The molecule has 0 amide bonds. The standard InChI is InChI=1S/C32H48O5/c1-19(2)20(3)9-10-21(4)25-11-12-26-29-27(14-15-30(25,26)7)31(8)16-13-24(36-22(5)33)17-32(31,18-28(29)35)37-23(6)34/h9-10,14,19-21,24-26,29H,11-13,15-18H2,1-8H3. The second kappa shape index (κ2) is 10.0. The van der Waals surface area contributed by atoms with Crippen molar-refractivity contribution in [3.05, 3.63) is 23.8 Å². The lowest BCUT2D eigenvalue weighted by Crippen LogP contribution is -2.63. The number of hydrogen-bond donors (Lipinski definition) is 0. The van der Waals surface area contributed by atoms with Crippen molar-refractivity contribution >= 4 is 17.7 Å². The van der Waals surface area contributed by atoms with E-state index in [2.05, 4.69) is 59.8 Å². The molecule has 9 atom stereocenters. The molecule has 0 heterocycles. The van der Waals surface area contributed by atoms with Crippen molar-refractivity contribution in [2.45, 2.75) is 112 Å². The lowest BCUT2D eigenvalue weighted by Gasteiger charge is -2.60. The molecule has 0 radical (unpaired) electrons. The summed E-state index contributed by atoms with van der Waals surface area (Å²) in [5.74, 6) is 1.91. The van der Waals surface area contributed by atoms with E-state index in [-0.39, 0.29) is 41.6 Å². The van der Waals surface area contributed by atoms with Gasteiger partial charge in [-0.15, -0.1) is 0 Å². The first kappa shape index (κ1) is 28.1.